The lowest BCUT2D eigenvalue weighted by Gasteiger charge is -2.34. The van der Waals surface area contributed by atoms with E-state index in [1.54, 1.807) is 7.11 Å². The number of nitrogens with zero attached hydrogens (tertiary/aromatic N) is 3. The van der Waals surface area contributed by atoms with Crippen LogP contribution in [0.2, 0.25) is 0 Å². The van der Waals surface area contributed by atoms with Gasteiger partial charge in [0.1, 0.15) is 6.61 Å². The van der Waals surface area contributed by atoms with Crippen molar-refractivity contribution in [1.29, 1.82) is 0 Å². The molecule has 154 valence electrons. The number of piperazine rings is 1. The molecule has 0 bridgehead atoms. The van der Waals surface area contributed by atoms with Gasteiger partial charge in [-0.05, 0) is 41.5 Å². The molecule has 1 heterocycles. The summed E-state index contributed by atoms with van der Waals surface area (Å²) in [5.41, 5.74) is 3.38. The molecule has 0 aromatic heterocycles. The van der Waals surface area contributed by atoms with E-state index in [0.717, 1.165) is 48.8 Å². The molecule has 0 spiro atoms. The summed E-state index contributed by atoms with van der Waals surface area (Å²) in [6, 6.07) is 26.6. The minimum absolute atomic E-state index is 0.499. The molecule has 0 amide bonds. The molecule has 0 atom stereocenters. The Labute approximate surface area is 178 Å². The predicted molar refractivity (Wildman–Crippen MR) is 122 cm³/mol. The lowest BCUT2D eigenvalue weighted by molar-refractivity contribution is 0.272. The molecule has 0 N–H and O–H groups in total. The van der Waals surface area contributed by atoms with E-state index in [9.17, 15) is 0 Å². The first-order chi connectivity index (χ1) is 14.8. The molecule has 0 radical (unpaired) electrons. The number of hydrazone groups is 1. The lowest BCUT2D eigenvalue weighted by atomic mass is 10.2. The van der Waals surface area contributed by atoms with Gasteiger partial charge in [0, 0.05) is 18.8 Å². The number of methoxy groups -OCH3 is 1. The van der Waals surface area contributed by atoms with Gasteiger partial charge in [0.05, 0.1) is 26.4 Å². The van der Waals surface area contributed by atoms with E-state index >= 15 is 0 Å². The zero-order chi connectivity index (χ0) is 20.6. The number of hydrogen-bond donors (Lipinski definition) is 0. The van der Waals surface area contributed by atoms with Crippen molar-refractivity contribution >= 4 is 11.9 Å². The highest BCUT2D eigenvalue weighted by Crippen LogP contribution is 2.28. The molecule has 0 unspecified atom stereocenters. The maximum Gasteiger partial charge on any atom is 0.162 e. The van der Waals surface area contributed by atoms with Gasteiger partial charge in [0.2, 0.25) is 0 Å². The van der Waals surface area contributed by atoms with Crippen molar-refractivity contribution in [1.82, 2.24) is 5.01 Å². The number of hydrogen-bond acceptors (Lipinski definition) is 5. The van der Waals surface area contributed by atoms with E-state index in [2.05, 4.69) is 45.3 Å². The summed E-state index contributed by atoms with van der Waals surface area (Å²) in [5, 5.41) is 6.80. The normalized spacial score (nSPS) is 14.2. The van der Waals surface area contributed by atoms with Crippen LogP contribution in [0.5, 0.6) is 11.5 Å². The Morgan fingerprint density at radius 3 is 2.23 bits per heavy atom. The van der Waals surface area contributed by atoms with Crippen LogP contribution in [-0.2, 0) is 6.61 Å². The highest BCUT2D eigenvalue weighted by Gasteiger charge is 2.15. The summed E-state index contributed by atoms with van der Waals surface area (Å²) in [7, 11) is 1.66. The molecule has 1 aliphatic heterocycles. The van der Waals surface area contributed by atoms with Gasteiger partial charge >= 0.3 is 0 Å². The van der Waals surface area contributed by atoms with E-state index < -0.39 is 0 Å². The quantitative estimate of drug-likeness (QED) is 0.549. The number of benzene rings is 3. The first-order valence-corrected chi connectivity index (χ1v) is 10.3. The van der Waals surface area contributed by atoms with E-state index in [4.69, 9.17) is 9.47 Å². The number of para-hydroxylation sites is 1. The zero-order valence-electron chi connectivity index (χ0n) is 17.3. The van der Waals surface area contributed by atoms with Gasteiger partial charge in [0.15, 0.2) is 11.5 Å². The Morgan fingerprint density at radius 1 is 0.833 bits per heavy atom. The summed E-state index contributed by atoms with van der Waals surface area (Å²) in [4.78, 5) is 2.40. The van der Waals surface area contributed by atoms with Gasteiger partial charge in [-0.25, -0.2) is 0 Å². The predicted octanol–water partition coefficient (Wildman–Crippen LogP) is 4.43. The van der Waals surface area contributed by atoms with Crippen molar-refractivity contribution in [2.45, 2.75) is 6.61 Å². The van der Waals surface area contributed by atoms with Gasteiger partial charge in [-0.2, -0.15) is 5.10 Å². The highest BCUT2D eigenvalue weighted by atomic mass is 16.5. The van der Waals surface area contributed by atoms with Crippen LogP contribution in [0.25, 0.3) is 0 Å². The number of anilines is 1. The van der Waals surface area contributed by atoms with E-state index in [1.807, 2.05) is 54.7 Å². The molecule has 5 heteroatoms. The molecule has 3 aromatic rings. The van der Waals surface area contributed by atoms with E-state index in [0.29, 0.717) is 6.61 Å². The zero-order valence-corrected chi connectivity index (χ0v) is 17.3. The first kappa shape index (κ1) is 19.8. The van der Waals surface area contributed by atoms with Crippen molar-refractivity contribution in [2.75, 3.05) is 38.2 Å². The fraction of sp³-hybridized carbons (Fsp3) is 0.240. The molecular weight excluding hydrogens is 374 g/mol. The molecule has 1 saturated heterocycles. The van der Waals surface area contributed by atoms with Crippen LogP contribution in [-0.4, -0.2) is 44.5 Å². The lowest BCUT2D eigenvalue weighted by Crippen LogP contribution is -2.44. The molecule has 5 nitrogen and oxygen atoms in total. The monoisotopic (exact) mass is 401 g/mol. The Hall–Kier alpha value is -3.47. The average Bonchev–Trinajstić information content (AvgIpc) is 2.83. The Morgan fingerprint density at radius 2 is 1.53 bits per heavy atom. The summed E-state index contributed by atoms with van der Waals surface area (Å²) in [6.45, 7) is 4.24. The van der Waals surface area contributed by atoms with Crippen molar-refractivity contribution in [2.24, 2.45) is 5.10 Å². The average molecular weight is 402 g/mol. The van der Waals surface area contributed by atoms with Crippen molar-refractivity contribution in [3.8, 4) is 11.5 Å². The second-order valence-electron chi connectivity index (χ2n) is 7.21. The third kappa shape index (κ3) is 5.11. The fourth-order valence-corrected chi connectivity index (χ4v) is 3.48. The third-order valence-corrected chi connectivity index (χ3v) is 5.17. The molecule has 0 aliphatic carbocycles. The Kier molecular flexibility index (Phi) is 6.50. The molecule has 1 aliphatic rings. The molecule has 3 aromatic carbocycles. The largest absolute Gasteiger partial charge is 0.493 e. The smallest absolute Gasteiger partial charge is 0.162 e. The van der Waals surface area contributed by atoms with Crippen molar-refractivity contribution in [3.05, 3.63) is 90.0 Å². The van der Waals surface area contributed by atoms with Crippen molar-refractivity contribution < 1.29 is 9.47 Å². The SMILES string of the molecule is COc1ccc(/C=N/N2CCN(c3ccccc3)CC2)cc1OCc1ccccc1. The van der Waals surface area contributed by atoms with E-state index in [1.165, 1.54) is 5.69 Å². The minimum Gasteiger partial charge on any atom is -0.493 e. The van der Waals surface area contributed by atoms with Gasteiger partial charge in [-0.3, -0.25) is 5.01 Å². The van der Waals surface area contributed by atoms with Crippen LogP contribution in [0, 0.1) is 0 Å². The minimum atomic E-state index is 0.499. The Bertz CT molecular complexity index is 953. The Balaban J connectivity index is 1.36. The third-order valence-electron chi connectivity index (χ3n) is 5.17. The van der Waals surface area contributed by atoms with Crippen LogP contribution in [0.4, 0.5) is 5.69 Å². The first-order valence-electron chi connectivity index (χ1n) is 10.3. The second kappa shape index (κ2) is 9.83. The van der Waals surface area contributed by atoms with E-state index in [-0.39, 0.29) is 0 Å². The molecule has 30 heavy (non-hydrogen) atoms. The highest BCUT2D eigenvalue weighted by molar-refractivity contribution is 5.80. The summed E-state index contributed by atoms with van der Waals surface area (Å²) in [6.07, 6.45) is 1.90. The van der Waals surface area contributed by atoms with Crippen LogP contribution >= 0.6 is 0 Å². The van der Waals surface area contributed by atoms with Crippen LogP contribution in [0.1, 0.15) is 11.1 Å². The topological polar surface area (TPSA) is 37.3 Å². The van der Waals surface area contributed by atoms with Gasteiger partial charge in [-0.15, -0.1) is 0 Å². The maximum absolute atomic E-state index is 6.00. The maximum atomic E-state index is 6.00. The van der Waals surface area contributed by atoms with Crippen LogP contribution in [0.15, 0.2) is 84.0 Å². The van der Waals surface area contributed by atoms with Gasteiger partial charge < -0.3 is 14.4 Å². The summed E-state index contributed by atoms with van der Waals surface area (Å²) in [5.74, 6) is 1.44. The van der Waals surface area contributed by atoms with Gasteiger partial charge in [0.25, 0.3) is 0 Å². The summed E-state index contributed by atoms with van der Waals surface area (Å²) < 4.78 is 11.5. The molecular formula is C25H27N3O2. The van der Waals surface area contributed by atoms with Crippen LogP contribution < -0.4 is 14.4 Å². The second-order valence-corrected chi connectivity index (χ2v) is 7.21. The summed E-state index contributed by atoms with van der Waals surface area (Å²) >= 11 is 0. The standard InChI is InChI=1S/C25H27N3O2/c1-29-24-13-12-22(18-25(24)30-20-21-8-4-2-5-9-21)19-26-28-16-14-27(15-17-28)23-10-6-3-7-11-23/h2-13,18-19H,14-17,20H2,1H3/b26-19+. The van der Waals surface area contributed by atoms with Gasteiger partial charge in [-0.1, -0.05) is 48.5 Å². The molecule has 4 rings (SSSR count). The number of ether oxygens (including phenoxy) is 2. The van der Waals surface area contributed by atoms with Crippen molar-refractivity contribution in [3.63, 3.8) is 0 Å². The fourth-order valence-electron chi connectivity index (χ4n) is 3.48. The molecule has 0 saturated carbocycles. The molecule has 1 fully saturated rings. The number of rotatable bonds is 7. The van der Waals surface area contributed by atoms with Crippen LogP contribution in [0.3, 0.4) is 0 Å².